The third-order valence-corrected chi connectivity index (χ3v) is 6.82. The molecule has 8 nitrogen and oxygen atoms in total. The van der Waals surface area contributed by atoms with E-state index >= 15 is 0 Å². The summed E-state index contributed by atoms with van der Waals surface area (Å²) in [5, 5.41) is 0. The van der Waals surface area contributed by atoms with Gasteiger partial charge < -0.3 is 28.4 Å². The first-order valence-corrected chi connectivity index (χ1v) is 11.4. The first-order chi connectivity index (χ1) is 16.9. The topological polar surface area (TPSA) is 89.5 Å². The summed E-state index contributed by atoms with van der Waals surface area (Å²) in [7, 11) is 6.23. The fourth-order valence-corrected chi connectivity index (χ4v) is 4.83. The van der Waals surface area contributed by atoms with Crippen molar-refractivity contribution in [2.75, 3.05) is 35.0 Å². The lowest BCUT2D eigenvalue weighted by Crippen LogP contribution is -2.30. The van der Waals surface area contributed by atoms with Gasteiger partial charge in [0.1, 0.15) is 6.10 Å². The van der Waals surface area contributed by atoms with Gasteiger partial charge in [0.15, 0.2) is 23.0 Å². The molecule has 8 heteroatoms. The van der Waals surface area contributed by atoms with Crippen LogP contribution in [0, 0.1) is 11.8 Å². The van der Waals surface area contributed by atoms with Gasteiger partial charge in [-0.3, -0.25) is 4.79 Å². The molecule has 0 bridgehead atoms. The van der Waals surface area contributed by atoms with E-state index in [4.69, 9.17) is 28.4 Å². The number of ether oxygens (including phenoxy) is 6. The summed E-state index contributed by atoms with van der Waals surface area (Å²) in [4.78, 5) is 25.8. The van der Waals surface area contributed by atoms with Gasteiger partial charge in [0.2, 0.25) is 0 Å². The standard InChI is InChI=1S/C27H30O8/c1-7-14(2)26(28)35-24-17-12-22(32-5)21(31-4)11-16(17)23-15(8-9-20(30-3)25(23)33-6)10-18-19(24)13-34-27(18)29/h7-9,11-12,18-19,24H,10,13H2,1-6H3/t18-,19-,24-/m0/s1. The van der Waals surface area contributed by atoms with E-state index in [0.29, 0.717) is 40.6 Å². The highest BCUT2D eigenvalue weighted by Crippen LogP contribution is 2.52. The third kappa shape index (κ3) is 4.17. The van der Waals surface area contributed by atoms with Gasteiger partial charge in [0, 0.05) is 22.6 Å². The summed E-state index contributed by atoms with van der Waals surface area (Å²) in [6, 6.07) is 7.39. The molecule has 2 aromatic rings. The predicted molar refractivity (Wildman–Crippen MR) is 128 cm³/mol. The van der Waals surface area contributed by atoms with Crippen LogP contribution in [0.5, 0.6) is 23.0 Å². The van der Waals surface area contributed by atoms with E-state index in [-0.39, 0.29) is 18.5 Å². The van der Waals surface area contributed by atoms with Gasteiger partial charge in [0.05, 0.1) is 41.0 Å². The molecule has 1 saturated heterocycles. The normalized spacial score (nSPS) is 20.9. The molecule has 0 saturated carbocycles. The Balaban J connectivity index is 2.06. The first-order valence-electron chi connectivity index (χ1n) is 11.4. The molecule has 35 heavy (non-hydrogen) atoms. The highest BCUT2D eigenvalue weighted by Gasteiger charge is 2.47. The number of allylic oxidation sites excluding steroid dienone is 1. The molecule has 0 radical (unpaired) electrons. The van der Waals surface area contributed by atoms with Crippen molar-refractivity contribution in [1.29, 1.82) is 0 Å². The third-order valence-electron chi connectivity index (χ3n) is 6.82. The average Bonchev–Trinajstić information content (AvgIpc) is 3.23. The lowest BCUT2D eigenvalue weighted by molar-refractivity contribution is -0.149. The van der Waals surface area contributed by atoms with Crippen LogP contribution in [0.3, 0.4) is 0 Å². The number of hydrogen-bond donors (Lipinski definition) is 0. The number of carbonyl (C=O) groups excluding carboxylic acids is 2. The van der Waals surface area contributed by atoms with E-state index < -0.39 is 18.0 Å². The van der Waals surface area contributed by atoms with E-state index in [1.165, 1.54) is 0 Å². The molecule has 0 N–H and O–H groups in total. The molecule has 1 aliphatic heterocycles. The Bertz CT molecular complexity index is 1180. The molecule has 0 unspecified atom stereocenters. The fraction of sp³-hybridized carbons (Fsp3) is 0.407. The van der Waals surface area contributed by atoms with Crippen molar-refractivity contribution in [3.05, 3.63) is 47.0 Å². The number of esters is 2. The molecule has 0 aromatic heterocycles. The van der Waals surface area contributed by atoms with Crippen LogP contribution in [0.2, 0.25) is 0 Å². The van der Waals surface area contributed by atoms with Gasteiger partial charge in [0.25, 0.3) is 0 Å². The van der Waals surface area contributed by atoms with Gasteiger partial charge in [-0.1, -0.05) is 12.1 Å². The van der Waals surface area contributed by atoms with Gasteiger partial charge in [-0.25, -0.2) is 4.79 Å². The summed E-state index contributed by atoms with van der Waals surface area (Å²) < 4.78 is 34.1. The van der Waals surface area contributed by atoms with Crippen molar-refractivity contribution >= 4 is 11.9 Å². The van der Waals surface area contributed by atoms with Crippen LogP contribution in [0.4, 0.5) is 0 Å². The highest BCUT2D eigenvalue weighted by molar-refractivity contribution is 5.89. The van der Waals surface area contributed by atoms with Crippen molar-refractivity contribution < 1.29 is 38.0 Å². The Morgan fingerprint density at radius 1 is 1.00 bits per heavy atom. The number of fused-ring (bicyclic) bond motifs is 4. The SMILES string of the molecule is CC=C(C)C(=O)O[C@H]1c2cc(OC)c(OC)cc2-c2c(ccc(OC)c2OC)C[C@@H]2C(=O)OC[C@@H]21. The molecule has 4 rings (SSSR count). The van der Waals surface area contributed by atoms with Gasteiger partial charge in [-0.15, -0.1) is 0 Å². The highest BCUT2D eigenvalue weighted by atomic mass is 16.6. The van der Waals surface area contributed by atoms with Gasteiger partial charge in [-0.05, 0) is 49.6 Å². The van der Waals surface area contributed by atoms with Crippen LogP contribution in [0.1, 0.15) is 31.1 Å². The van der Waals surface area contributed by atoms with Crippen molar-refractivity contribution in [2.45, 2.75) is 26.4 Å². The molecule has 0 amide bonds. The van der Waals surface area contributed by atoms with Crippen LogP contribution in [-0.2, 0) is 25.5 Å². The Kier molecular flexibility index (Phi) is 6.91. The monoisotopic (exact) mass is 482 g/mol. The number of benzene rings is 2. The maximum absolute atomic E-state index is 13.0. The second-order valence-electron chi connectivity index (χ2n) is 8.53. The van der Waals surface area contributed by atoms with E-state index in [1.54, 1.807) is 54.4 Å². The average molecular weight is 483 g/mol. The minimum Gasteiger partial charge on any atom is -0.493 e. The van der Waals surface area contributed by atoms with Crippen LogP contribution < -0.4 is 18.9 Å². The smallest absolute Gasteiger partial charge is 0.333 e. The van der Waals surface area contributed by atoms with Crippen LogP contribution in [-0.4, -0.2) is 47.0 Å². The zero-order valence-electron chi connectivity index (χ0n) is 20.8. The van der Waals surface area contributed by atoms with Crippen LogP contribution in [0.15, 0.2) is 35.9 Å². The summed E-state index contributed by atoms with van der Waals surface area (Å²) >= 11 is 0. The zero-order chi connectivity index (χ0) is 25.3. The lowest BCUT2D eigenvalue weighted by Gasteiger charge is -2.32. The summed E-state index contributed by atoms with van der Waals surface area (Å²) in [5.74, 6) is 0.368. The first kappa shape index (κ1) is 24.4. The van der Waals surface area contributed by atoms with E-state index in [0.717, 1.165) is 16.7 Å². The molecule has 2 aromatic carbocycles. The second kappa shape index (κ2) is 9.90. The van der Waals surface area contributed by atoms with E-state index in [9.17, 15) is 9.59 Å². The van der Waals surface area contributed by atoms with Crippen LogP contribution >= 0.6 is 0 Å². The molecule has 1 heterocycles. The summed E-state index contributed by atoms with van der Waals surface area (Å²) in [5.41, 5.74) is 3.50. The Morgan fingerprint density at radius 2 is 1.69 bits per heavy atom. The van der Waals surface area contributed by atoms with E-state index in [1.807, 2.05) is 18.2 Å². The second-order valence-corrected chi connectivity index (χ2v) is 8.53. The fourth-order valence-electron chi connectivity index (χ4n) is 4.83. The van der Waals surface area contributed by atoms with Crippen molar-refractivity contribution in [2.24, 2.45) is 11.8 Å². The minimum absolute atomic E-state index is 0.146. The summed E-state index contributed by atoms with van der Waals surface area (Å²) in [6.07, 6.45) is 1.31. The molecule has 1 fully saturated rings. The lowest BCUT2D eigenvalue weighted by atomic mass is 9.76. The predicted octanol–water partition coefficient (Wildman–Crippen LogP) is 4.28. The molecule has 1 aliphatic carbocycles. The Hall–Kier alpha value is -3.68. The maximum atomic E-state index is 13.0. The summed E-state index contributed by atoms with van der Waals surface area (Å²) in [6.45, 7) is 3.61. The molecular formula is C27H30O8. The Morgan fingerprint density at radius 3 is 2.31 bits per heavy atom. The largest absolute Gasteiger partial charge is 0.493 e. The van der Waals surface area contributed by atoms with Crippen molar-refractivity contribution in [3.63, 3.8) is 0 Å². The molecule has 186 valence electrons. The molecule has 2 aliphatic rings. The van der Waals surface area contributed by atoms with Gasteiger partial charge >= 0.3 is 11.9 Å². The Labute approximate surface area is 204 Å². The van der Waals surface area contributed by atoms with Gasteiger partial charge in [-0.2, -0.15) is 0 Å². The maximum Gasteiger partial charge on any atom is 0.333 e. The molecular weight excluding hydrogens is 452 g/mol. The van der Waals surface area contributed by atoms with Crippen molar-refractivity contribution in [1.82, 2.24) is 0 Å². The number of cyclic esters (lactones) is 1. The van der Waals surface area contributed by atoms with E-state index in [2.05, 4.69) is 0 Å². The zero-order valence-corrected chi connectivity index (χ0v) is 20.8. The number of carbonyl (C=O) groups is 2. The molecule has 3 atom stereocenters. The quantitative estimate of drug-likeness (QED) is 0.445. The molecule has 0 spiro atoms. The number of rotatable bonds is 6. The minimum atomic E-state index is -0.771. The van der Waals surface area contributed by atoms with Crippen molar-refractivity contribution in [3.8, 4) is 34.1 Å². The van der Waals surface area contributed by atoms with Crippen LogP contribution in [0.25, 0.3) is 11.1 Å². The number of hydrogen-bond acceptors (Lipinski definition) is 8. The number of methoxy groups -OCH3 is 4.